The maximum Gasteiger partial charge on any atom is 0.224 e. The number of nitrogens with zero attached hydrogens (tertiary/aromatic N) is 5. The van der Waals surface area contributed by atoms with Gasteiger partial charge in [0, 0.05) is 76.4 Å². The first kappa shape index (κ1) is 19.0. The number of para-hydroxylation sites is 1. The van der Waals surface area contributed by atoms with Gasteiger partial charge in [0.25, 0.3) is 0 Å². The predicted octanol–water partition coefficient (Wildman–Crippen LogP) is 2.39. The van der Waals surface area contributed by atoms with E-state index in [0.717, 1.165) is 58.1 Å². The molecule has 1 amide bonds. The van der Waals surface area contributed by atoms with Crippen LogP contribution in [0.4, 0.5) is 5.69 Å². The second-order valence-electron chi connectivity index (χ2n) is 7.91. The molecule has 2 aliphatic heterocycles. The predicted molar refractivity (Wildman–Crippen MR) is 111 cm³/mol. The van der Waals surface area contributed by atoms with E-state index >= 15 is 0 Å². The zero-order chi connectivity index (χ0) is 19.3. The smallest absolute Gasteiger partial charge is 0.224 e. The van der Waals surface area contributed by atoms with Gasteiger partial charge in [0.15, 0.2) is 0 Å². The SMILES string of the molecule is Cc1nccn1CCC(=O)N1CCC[C@H](N2CCN(c3ccccc3)CC2)C1. The zero-order valence-electron chi connectivity index (χ0n) is 16.8. The molecule has 2 aliphatic rings. The molecule has 2 saturated heterocycles. The molecule has 4 rings (SSSR count). The number of piperazine rings is 1. The summed E-state index contributed by atoms with van der Waals surface area (Å²) in [5.41, 5.74) is 1.32. The van der Waals surface area contributed by atoms with E-state index in [-0.39, 0.29) is 5.91 Å². The summed E-state index contributed by atoms with van der Waals surface area (Å²) in [5.74, 6) is 1.25. The van der Waals surface area contributed by atoms with Gasteiger partial charge in [-0.2, -0.15) is 0 Å². The molecule has 1 aromatic carbocycles. The summed E-state index contributed by atoms with van der Waals surface area (Å²) in [6.07, 6.45) is 6.63. The minimum atomic E-state index is 0.278. The summed E-state index contributed by atoms with van der Waals surface area (Å²) in [7, 11) is 0. The van der Waals surface area contributed by atoms with Crippen molar-refractivity contribution in [3.8, 4) is 0 Å². The Balaban J connectivity index is 1.27. The summed E-state index contributed by atoms with van der Waals surface area (Å²) < 4.78 is 2.06. The lowest BCUT2D eigenvalue weighted by Gasteiger charge is -2.44. The van der Waals surface area contributed by atoms with E-state index in [2.05, 4.69) is 54.6 Å². The number of imidazole rings is 1. The van der Waals surface area contributed by atoms with Gasteiger partial charge in [-0.25, -0.2) is 4.98 Å². The number of carbonyl (C=O) groups is 1. The molecule has 0 spiro atoms. The van der Waals surface area contributed by atoms with Crippen molar-refractivity contribution < 1.29 is 4.79 Å². The van der Waals surface area contributed by atoms with Gasteiger partial charge in [0.1, 0.15) is 5.82 Å². The standard InChI is InChI=1S/C22H31N5O/c1-19-23-10-13-24(19)12-9-22(28)27-11-5-8-21(18-27)26-16-14-25(15-17-26)20-6-3-2-4-7-20/h2-4,6-7,10,13,21H,5,8-9,11-12,14-18H2,1H3/t21-/m0/s1. The van der Waals surface area contributed by atoms with E-state index in [1.807, 2.05) is 13.1 Å². The van der Waals surface area contributed by atoms with Crippen molar-refractivity contribution in [3.05, 3.63) is 48.5 Å². The minimum Gasteiger partial charge on any atom is -0.369 e. The molecule has 3 heterocycles. The first-order chi connectivity index (χ1) is 13.7. The Labute approximate surface area is 167 Å². The van der Waals surface area contributed by atoms with Gasteiger partial charge in [-0.3, -0.25) is 9.69 Å². The molecule has 2 fully saturated rings. The summed E-state index contributed by atoms with van der Waals surface area (Å²) in [6, 6.07) is 11.2. The number of anilines is 1. The highest BCUT2D eigenvalue weighted by molar-refractivity contribution is 5.76. The maximum atomic E-state index is 12.7. The number of aromatic nitrogens is 2. The van der Waals surface area contributed by atoms with Crippen molar-refractivity contribution in [2.45, 2.75) is 38.8 Å². The summed E-state index contributed by atoms with van der Waals surface area (Å²) in [6.45, 7) is 8.78. The number of hydrogen-bond donors (Lipinski definition) is 0. The average Bonchev–Trinajstić information content (AvgIpc) is 3.17. The van der Waals surface area contributed by atoms with Crippen molar-refractivity contribution in [2.24, 2.45) is 0 Å². The highest BCUT2D eigenvalue weighted by Crippen LogP contribution is 2.21. The molecule has 0 N–H and O–H groups in total. The molecule has 2 aromatic rings. The zero-order valence-corrected chi connectivity index (χ0v) is 16.8. The van der Waals surface area contributed by atoms with Crippen LogP contribution in [0.3, 0.4) is 0 Å². The first-order valence-corrected chi connectivity index (χ1v) is 10.5. The molecule has 0 unspecified atom stereocenters. The number of carbonyl (C=O) groups excluding carboxylic acids is 1. The minimum absolute atomic E-state index is 0.278. The normalized spacial score (nSPS) is 21.1. The lowest BCUT2D eigenvalue weighted by Crippen LogP contribution is -2.55. The Morgan fingerprint density at radius 1 is 1.11 bits per heavy atom. The molecule has 1 atom stereocenters. The Morgan fingerprint density at radius 3 is 2.61 bits per heavy atom. The van der Waals surface area contributed by atoms with Crippen LogP contribution in [0.2, 0.25) is 0 Å². The molecule has 0 bridgehead atoms. The Hall–Kier alpha value is -2.34. The van der Waals surface area contributed by atoms with Crippen LogP contribution in [0.1, 0.15) is 25.1 Å². The molecule has 28 heavy (non-hydrogen) atoms. The van der Waals surface area contributed by atoms with Crippen molar-refractivity contribution in [1.82, 2.24) is 19.4 Å². The third kappa shape index (κ3) is 4.38. The van der Waals surface area contributed by atoms with Crippen LogP contribution in [-0.2, 0) is 11.3 Å². The fourth-order valence-electron chi connectivity index (χ4n) is 4.48. The Kier molecular flexibility index (Phi) is 5.95. The van der Waals surface area contributed by atoms with E-state index in [4.69, 9.17) is 0 Å². The van der Waals surface area contributed by atoms with Crippen LogP contribution in [0.25, 0.3) is 0 Å². The number of benzene rings is 1. The fourth-order valence-corrected chi connectivity index (χ4v) is 4.48. The van der Waals surface area contributed by atoms with Gasteiger partial charge in [0.2, 0.25) is 5.91 Å². The molecule has 0 radical (unpaired) electrons. The van der Waals surface area contributed by atoms with E-state index in [1.165, 1.54) is 12.1 Å². The van der Waals surface area contributed by atoms with E-state index in [1.54, 1.807) is 6.20 Å². The Morgan fingerprint density at radius 2 is 1.89 bits per heavy atom. The van der Waals surface area contributed by atoms with Gasteiger partial charge < -0.3 is 14.4 Å². The van der Waals surface area contributed by atoms with Crippen molar-refractivity contribution in [2.75, 3.05) is 44.2 Å². The summed E-state index contributed by atoms with van der Waals surface area (Å²) in [4.78, 5) is 24.1. The Bertz CT molecular complexity index is 766. The van der Waals surface area contributed by atoms with E-state index in [9.17, 15) is 4.79 Å². The molecular formula is C22H31N5O. The quantitative estimate of drug-likeness (QED) is 0.798. The maximum absolute atomic E-state index is 12.7. The largest absolute Gasteiger partial charge is 0.369 e. The van der Waals surface area contributed by atoms with Crippen LogP contribution in [0.15, 0.2) is 42.7 Å². The second kappa shape index (κ2) is 8.78. The van der Waals surface area contributed by atoms with Gasteiger partial charge >= 0.3 is 0 Å². The average molecular weight is 382 g/mol. The third-order valence-electron chi connectivity index (χ3n) is 6.19. The van der Waals surface area contributed by atoms with Crippen molar-refractivity contribution in [1.29, 1.82) is 0 Å². The lowest BCUT2D eigenvalue weighted by molar-refractivity contribution is -0.133. The first-order valence-electron chi connectivity index (χ1n) is 10.5. The second-order valence-corrected chi connectivity index (χ2v) is 7.91. The van der Waals surface area contributed by atoms with Crippen molar-refractivity contribution >= 4 is 11.6 Å². The monoisotopic (exact) mass is 381 g/mol. The number of hydrogen-bond acceptors (Lipinski definition) is 4. The highest BCUT2D eigenvalue weighted by atomic mass is 16.2. The molecule has 1 aromatic heterocycles. The fraction of sp³-hybridized carbons (Fsp3) is 0.545. The van der Waals surface area contributed by atoms with Gasteiger partial charge in [-0.1, -0.05) is 18.2 Å². The van der Waals surface area contributed by atoms with Crippen LogP contribution in [0, 0.1) is 6.92 Å². The highest BCUT2D eigenvalue weighted by Gasteiger charge is 2.29. The summed E-state index contributed by atoms with van der Waals surface area (Å²) in [5, 5.41) is 0. The number of aryl methyl sites for hydroxylation is 2. The van der Waals surface area contributed by atoms with Crippen LogP contribution in [0.5, 0.6) is 0 Å². The van der Waals surface area contributed by atoms with Crippen molar-refractivity contribution in [3.63, 3.8) is 0 Å². The number of rotatable bonds is 5. The van der Waals surface area contributed by atoms with Crippen LogP contribution < -0.4 is 4.90 Å². The molecule has 0 saturated carbocycles. The molecule has 6 nitrogen and oxygen atoms in total. The summed E-state index contributed by atoms with van der Waals surface area (Å²) >= 11 is 0. The third-order valence-corrected chi connectivity index (χ3v) is 6.19. The van der Waals surface area contributed by atoms with Gasteiger partial charge in [0.05, 0.1) is 0 Å². The van der Waals surface area contributed by atoms with E-state index in [0.29, 0.717) is 12.5 Å². The number of amides is 1. The van der Waals surface area contributed by atoms with Crippen LogP contribution in [-0.4, -0.2) is 70.6 Å². The van der Waals surface area contributed by atoms with Gasteiger partial charge in [-0.15, -0.1) is 0 Å². The van der Waals surface area contributed by atoms with E-state index < -0.39 is 0 Å². The molecule has 6 heteroatoms. The van der Waals surface area contributed by atoms with Crippen LogP contribution >= 0.6 is 0 Å². The topological polar surface area (TPSA) is 44.6 Å². The molecule has 0 aliphatic carbocycles. The van der Waals surface area contributed by atoms with Gasteiger partial charge in [-0.05, 0) is 31.9 Å². The number of likely N-dealkylation sites (tertiary alicyclic amines) is 1. The number of piperidine rings is 1. The molecular weight excluding hydrogens is 350 g/mol. The molecule has 150 valence electrons. The lowest BCUT2D eigenvalue weighted by atomic mass is 10.0.